The summed E-state index contributed by atoms with van der Waals surface area (Å²) >= 11 is 2.77. The van der Waals surface area contributed by atoms with Gasteiger partial charge in [-0.25, -0.2) is 19.2 Å². The zero-order chi connectivity index (χ0) is 27.9. The van der Waals surface area contributed by atoms with Crippen molar-refractivity contribution in [2.45, 2.75) is 39.7 Å². The summed E-state index contributed by atoms with van der Waals surface area (Å²) in [6.45, 7) is 10.00. The minimum absolute atomic E-state index is 0.298. The number of ether oxygens (including phenoxy) is 1. The Morgan fingerprint density at radius 3 is 2.46 bits per heavy atom. The number of thiazole rings is 1. The molecule has 0 N–H and O–H groups in total. The lowest BCUT2D eigenvalue weighted by Crippen LogP contribution is -2.50. The molecule has 0 atom stereocenters. The molecule has 0 unspecified atom stereocenters. The molecule has 1 aliphatic rings. The predicted molar refractivity (Wildman–Crippen MR) is 151 cm³/mol. The van der Waals surface area contributed by atoms with Crippen LogP contribution in [0.4, 0.5) is 25.3 Å². The highest BCUT2D eigenvalue weighted by Gasteiger charge is 2.29. The Balaban J connectivity index is 1.40. The first-order valence-electron chi connectivity index (χ1n) is 12.6. The number of nitriles is 1. The molecule has 1 saturated heterocycles. The number of amides is 1. The summed E-state index contributed by atoms with van der Waals surface area (Å²) in [5.41, 5.74) is 1.54. The van der Waals surface area contributed by atoms with E-state index in [1.807, 2.05) is 44.2 Å². The Hall–Kier alpha value is -3.76. The van der Waals surface area contributed by atoms with E-state index in [0.717, 1.165) is 21.6 Å². The number of aryl methyl sites for hydroxylation is 1. The quantitative estimate of drug-likeness (QED) is 0.319. The molecule has 0 saturated carbocycles. The fourth-order valence-corrected chi connectivity index (χ4v) is 6.11. The third-order valence-electron chi connectivity index (χ3n) is 6.22. The highest BCUT2D eigenvalue weighted by Crippen LogP contribution is 2.38. The number of piperazine rings is 1. The molecule has 0 radical (unpaired) electrons. The molecule has 4 aromatic rings. The van der Waals surface area contributed by atoms with Crippen molar-refractivity contribution >= 4 is 49.8 Å². The van der Waals surface area contributed by atoms with Crippen molar-refractivity contribution in [1.82, 2.24) is 24.5 Å². The van der Waals surface area contributed by atoms with Gasteiger partial charge in [0.2, 0.25) is 10.1 Å². The number of hydrogen-bond acceptors (Lipinski definition) is 10. The van der Waals surface area contributed by atoms with Crippen LogP contribution in [0.3, 0.4) is 0 Å². The summed E-state index contributed by atoms with van der Waals surface area (Å²) in [5, 5.41) is 16.1. The number of anilines is 3. The summed E-state index contributed by atoms with van der Waals surface area (Å²) in [7, 11) is 1.88. The Labute approximate surface area is 233 Å². The summed E-state index contributed by atoms with van der Waals surface area (Å²) in [4.78, 5) is 29.0. The fraction of sp³-hybridized carbons (Fsp3) is 0.423. The largest absolute Gasteiger partial charge is 0.444 e. The smallest absolute Gasteiger partial charge is 0.410 e. The van der Waals surface area contributed by atoms with Crippen LogP contribution in [0.1, 0.15) is 38.3 Å². The Bertz CT molecular complexity index is 1540. The molecule has 0 spiro atoms. The maximum Gasteiger partial charge on any atom is 0.410 e. The molecule has 0 aliphatic carbocycles. The number of hydrogen-bond donors (Lipinski definition) is 0. The molecule has 0 bridgehead atoms. The molecule has 1 amide bonds. The zero-order valence-electron chi connectivity index (χ0n) is 22.4. The standard InChI is InChI=1S/C26H29FN8O2S2/c1-6-18-21(32(5)22-30-20(19(15-28)38-22)16-7-9-17(27)10-8-16)35-23(29-18)39-24(31-35)33-11-13-34(14-12-33)25(36)37-26(2,3)4/h7-10H,6,11-14H2,1-5H3. The second-order valence-corrected chi connectivity index (χ2v) is 12.0. The Morgan fingerprint density at radius 1 is 1.15 bits per heavy atom. The second kappa shape index (κ2) is 10.4. The molecular weight excluding hydrogens is 539 g/mol. The van der Waals surface area contributed by atoms with Crippen molar-refractivity contribution in [3.05, 3.63) is 40.7 Å². The van der Waals surface area contributed by atoms with Gasteiger partial charge in [0.15, 0.2) is 10.9 Å². The summed E-state index contributed by atoms with van der Waals surface area (Å²) in [5.74, 6) is 0.441. The van der Waals surface area contributed by atoms with E-state index in [-0.39, 0.29) is 11.9 Å². The molecule has 39 heavy (non-hydrogen) atoms. The van der Waals surface area contributed by atoms with Gasteiger partial charge in [0.25, 0.3) is 0 Å². The Kier molecular flexibility index (Phi) is 7.17. The topological polar surface area (TPSA) is 103 Å². The highest BCUT2D eigenvalue weighted by molar-refractivity contribution is 7.20. The van der Waals surface area contributed by atoms with Crippen LogP contribution in [-0.4, -0.2) is 69.4 Å². The predicted octanol–water partition coefficient (Wildman–Crippen LogP) is 5.31. The highest BCUT2D eigenvalue weighted by atomic mass is 32.1. The van der Waals surface area contributed by atoms with Crippen LogP contribution < -0.4 is 9.80 Å². The molecule has 3 aromatic heterocycles. The first-order valence-corrected chi connectivity index (χ1v) is 14.2. The number of imidazole rings is 1. The van der Waals surface area contributed by atoms with Gasteiger partial charge < -0.3 is 19.4 Å². The van der Waals surface area contributed by atoms with E-state index in [9.17, 15) is 14.4 Å². The molecule has 1 aromatic carbocycles. The number of halogens is 1. The summed E-state index contributed by atoms with van der Waals surface area (Å²) in [6.07, 6.45) is 0.397. The van der Waals surface area contributed by atoms with E-state index in [0.29, 0.717) is 53.9 Å². The van der Waals surface area contributed by atoms with E-state index >= 15 is 0 Å². The van der Waals surface area contributed by atoms with Crippen molar-refractivity contribution in [2.24, 2.45) is 0 Å². The van der Waals surface area contributed by atoms with Crippen LogP contribution >= 0.6 is 22.7 Å². The van der Waals surface area contributed by atoms with Gasteiger partial charge in [-0.05, 0) is 51.5 Å². The van der Waals surface area contributed by atoms with Crippen molar-refractivity contribution in [1.29, 1.82) is 5.26 Å². The van der Waals surface area contributed by atoms with Gasteiger partial charge in [0, 0.05) is 38.8 Å². The van der Waals surface area contributed by atoms with Gasteiger partial charge in [0.05, 0.1) is 5.69 Å². The molecule has 1 fully saturated rings. The first-order chi connectivity index (χ1) is 18.6. The van der Waals surface area contributed by atoms with Crippen LogP contribution in [0.15, 0.2) is 24.3 Å². The van der Waals surface area contributed by atoms with Crippen molar-refractivity contribution in [3.63, 3.8) is 0 Å². The van der Waals surface area contributed by atoms with E-state index < -0.39 is 5.60 Å². The number of carbonyl (C=O) groups excluding carboxylic acids is 1. The summed E-state index contributed by atoms with van der Waals surface area (Å²) < 4.78 is 20.8. The van der Waals surface area contributed by atoms with Gasteiger partial charge in [-0.2, -0.15) is 9.78 Å². The number of fused-ring (bicyclic) bond motifs is 1. The SMILES string of the molecule is CCc1nc2sc(N3CCN(C(=O)OC(C)(C)C)CC3)nn2c1N(C)c1nc(-c2ccc(F)cc2)c(C#N)s1. The van der Waals surface area contributed by atoms with E-state index in [2.05, 4.69) is 11.0 Å². The molecular formula is C26H29FN8O2S2. The van der Waals surface area contributed by atoms with Crippen LogP contribution in [-0.2, 0) is 11.2 Å². The van der Waals surface area contributed by atoms with Crippen molar-refractivity contribution in [2.75, 3.05) is 43.0 Å². The molecule has 4 heterocycles. The fourth-order valence-electron chi connectivity index (χ4n) is 4.30. The van der Waals surface area contributed by atoms with Crippen LogP contribution in [0, 0.1) is 17.1 Å². The molecule has 10 nitrogen and oxygen atoms in total. The van der Waals surface area contributed by atoms with Crippen molar-refractivity contribution < 1.29 is 13.9 Å². The van der Waals surface area contributed by atoms with E-state index in [4.69, 9.17) is 19.8 Å². The van der Waals surface area contributed by atoms with Gasteiger partial charge in [-0.3, -0.25) is 0 Å². The maximum atomic E-state index is 13.5. The van der Waals surface area contributed by atoms with Crippen LogP contribution in [0.2, 0.25) is 0 Å². The van der Waals surface area contributed by atoms with Gasteiger partial charge in [-0.15, -0.1) is 5.10 Å². The van der Waals surface area contributed by atoms with Crippen molar-refractivity contribution in [3.8, 4) is 17.3 Å². The first kappa shape index (κ1) is 26.8. The average Bonchev–Trinajstić information content (AvgIpc) is 3.60. The summed E-state index contributed by atoms with van der Waals surface area (Å²) in [6, 6.07) is 8.19. The normalized spacial score (nSPS) is 14.1. The number of carbonyl (C=O) groups is 1. The number of rotatable bonds is 5. The van der Waals surface area contributed by atoms with Gasteiger partial charge in [0.1, 0.15) is 28.1 Å². The number of benzene rings is 1. The maximum absolute atomic E-state index is 13.5. The van der Waals surface area contributed by atoms with Crippen LogP contribution in [0.25, 0.3) is 16.2 Å². The van der Waals surface area contributed by atoms with Crippen LogP contribution in [0.5, 0.6) is 0 Å². The second-order valence-electron chi connectivity index (χ2n) is 10.1. The molecule has 5 rings (SSSR count). The minimum atomic E-state index is -0.528. The lowest BCUT2D eigenvalue weighted by Gasteiger charge is -2.35. The number of aromatic nitrogens is 4. The lowest BCUT2D eigenvalue weighted by atomic mass is 10.1. The average molecular weight is 569 g/mol. The number of nitrogens with zero attached hydrogens (tertiary/aromatic N) is 8. The van der Waals surface area contributed by atoms with E-state index in [1.54, 1.807) is 17.0 Å². The minimum Gasteiger partial charge on any atom is -0.444 e. The molecule has 204 valence electrons. The molecule has 1 aliphatic heterocycles. The van der Waals surface area contributed by atoms with Gasteiger partial charge >= 0.3 is 6.09 Å². The van der Waals surface area contributed by atoms with E-state index in [1.165, 1.54) is 34.8 Å². The zero-order valence-corrected chi connectivity index (χ0v) is 24.1. The third-order valence-corrected chi connectivity index (χ3v) is 8.22. The molecule has 13 heteroatoms. The Morgan fingerprint density at radius 2 is 1.85 bits per heavy atom. The third kappa shape index (κ3) is 5.39. The van der Waals surface area contributed by atoms with Gasteiger partial charge in [-0.1, -0.05) is 29.6 Å². The monoisotopic (exact) mass is 568 g/mol. The lowest BCUT2D eigenvalue weighted by molar-refractivity contribution is 0.0240.